The first-order valence-corrected chi connectivity index (χ1v) is 5.61. The first-order valence-electron chi connectivity index (χ1n) is 5.61. The van der Waals surface area contributed by atoms with Gasteiger partial charge in [-0.2, -0.15) is 0 Å². The zero-order valence-corrected chi connectivity index (χ0v) is 10.9. The molecule has 1 N–H and O–H groups in total. The third-order valence-corrected chi connectivity index (χ3v) is 2.65. The highest BCUT2D eigenvalue weighted by molar-refractivity contribution is 5.92. The summed E-state index contributed by atoms with van der Waals surface area (Å²) >= 11 is 0. The monoisotopic (exact) mass is 254 g/mol. The van der Waals surface area contributed by atoms with Gasteiger partial charge in [-0.3, -0.25) is 0 Å². The molecule has 0 radical (unpaired) electrons. The van der Waals surface area contributed by atoms with Crippen LogP contribution in [0.3, 0.4) is 0 Å². The summed E-state index contributed by atoms with van der Waals surface area (Å²) in [6.07, 6.45) is 1.21. The number of aromatic hydroxyl groups is 1. The summed E-state index contributed by atoms with van der Waals surface area (Å²) < 4.78 is 14.7. The molecule has 0 aliphatic rings. The summed E-state index contributed by atoms with van der Waals surface area (Å²) in [6.45, 7) is 0.553. The minimum absolute atomic E-state index is 0.0171. The molecule has 0 bridgehead atoms. The molecule has 0 amide bonds. The van der Waals surface area contributed by atoms with E-state index >= 15 is 0 Å². The molecule has 18 heavy (non-hydrogen) atoms. The van der Waals surface area contributed by atoms with E-state index in [-0.39, 0.29) is 5.75 Å². The van der Waals surface area contributed by atoms with Crippen LogP contribution in [0.25, 0.3) is 0 Å². The Hall–Kier alpha value is -1.75. The SMILES string of the molecule is COCCCc1c(C(=O)OC)ccc(OC)c1O. The van der Waals surface area contributed by atoms with Gasteiger partial charge in [0.15, 0.2) is 11.5 Å². The molecule has 0 aliphatic heterocycles. The number of phenols is 1. The van der Waals surface area contributed by atoms with Gasteiger partial charge in [0.25, 0.3) is 0 Å². The molecule has 0 heterocycles. The van der Waals surface area contributed by atoms with Crippen molar-refractivity contribution < 1.29 is 24.1 Å². The topological polar surface area (TPSA) is 65.0 Å². The molecule has 0 spiro atoms. The number of esters is 1. The van der Waals surface area contributed by atoms with Crippen molar-refractivity contribution in [3.05, 3.63) is 23.3 Å². The maximum absolute atomic E-state index is 11.6. The van der Waals surface area contributed by atoms with Crippen LogP contribution in [0.4, 0.5) is 0 Å². The molecular weight excluding hydrogens is 236 g/mol. The molecule has 1 rings (SSSR count). The van der Waals surface area contributed by atoms with Gasteiger partial charge in [-0.05, 0) is 25.0 Å². The maximum Gasteiger partial charge on any atom is 0.338 e. The lowest BCUT2D eigenvalue weighted by molar-refractivity contribution is 0.0598. The van der Waals surface area contributed by atoms with Gasteiger partial charge in [0.2, 0.25) is 0 Å². The molecule has 0 unspecified atom stereocenters. The molecule has 0 fully saturated rings. The summed E-state index contributed by atoms with van der Waals surface area (Å²) in [7, 11) is 4.38. The third-order valence-electron chi connectivity index (χ3n) is 2.65. The molecule has 0 aliphatic carbocycles. The number of methoxy groups -OCH3 is 3. The van der Waals surface area contributed by atoms with Gasteiger partial charge < -0.3 is 19.3 Å². The highest BCUT2D eigenvalue weighted by Gasteiger charge is 2.18. The molecular formula is C13H18O5. The van der Waals surface area contributed by atoms with E-state index in [1.807, 2.05) is 0 Å². The Labute approximate surface area is 106 Å². The van der Waals surface area contributed by atoms with Crippen LogP contribution < -0.4 is 4.74 Å². The zero-order valence-electron chi connectivity index (χ0n) is 10.9. The highest BCUT2D eigenvalue weighted by Crippen LogP contribution is 2.33. The average molecular weight is 254 g/mol. The van der Waals surface area contributed by atoms with Gasteiger partial charge >= 0.3 is 5.97 Å². The first kappa shape index (κ1) is 14.3. The Morgan fingerprint density at radius 2 is 2.00 bits per heavy atom. The van der Waals surface area contributed by atoms with E-state index in [1.54, 1.807) is 19.2 Å². The van der Waals surface area contributed by atoms with Crippen LogP contribution in [0.1, 0.15) is 22.3 Å². The van der Waals surface area contributed by atoms with Crippen LogP contribution in [0.2, 0.25) is 0 Å². The first-order chi connectivity index (χ1) is 8.65. The van der Waals surface area contributed by atoms with Gasteiger partial charge in [0.05, 0.1) is 19.8 Å². The van der Waals surface area contributed by atoms with Crippen molar-refractivity contribution in [2.75, 3.05) is 27.9 Å². The number of phenolic OH excluding ortho intramolecular Hbond substituents is 1. The molecule has 0 saturated carbocycles. The number of carbonyl (C=O) groups is 1. The van der Waals surface area contributed by atoms with Crippen LogP contribution >= 0.6 is 0 Å². The Balaban J connectivity index is 3.09. The van der Waals surface area contributed by atoms with E-state index in [4.69, 9.17) is 9.47 Å². The van der Waals surface area contributed by atoms with Crippen molar-refractivity contribution in [1.29, 1.82) is 0 Å². The van der Waals surface area contributed by atoms with Gasteiger partial charge in [-0.25, -0.2) is 4.79 Å². The zero-order chi connectivity index (χ0) is 13.5. The Bertz CT molecular complexity index is 414. The fourth-order valence-electron chi connectivity index (χ4n) is 1.73. The lowest BCUT2D eigenvalue weighted by Crippen LogP contribution is -2.07. The Morgan fingerprint density at radius 3 is 2.56 bits per heavy atom. The van der Waals surface area contributed by atoms with E-state index in [0.717, 1.165) is 0 Å². The number of hydrogen-bond donors (Lipinski definition) is 1. The van der Waals surface area contributed by atoms with E-state index in [9.17, 15) is 9.90 Å². The van der Waals surface area contributed by atoms with E-state index < -0.39 is 5.97 Å². The van der Waals surface area contributed by atoms with Gasteiger partial charge in [-0.1, -0.05) is 0 Å². The lowest BCUT2D eigenvalue weighted by Gasteiger charge is -2.12. The van der Waals surface area contributed by atoms with Crippen molar-refractivity contribution in [3.63, 3.8) is 0 Å². The summed E-state index contributed by atoms with van der Waals surface area (Å²) in [5.41, 5.74) is 0.880. The smallest absolute Gasteiger partial charge is 0.338 e. The fourth-order valence-corrected chi connectivity index (χ4v) is 1.73. The maximum atomic E-state index is 11.6. The number of ether oxygens (including phenoxy) is 3. The third kappa shape index (κ3) is 3.13. The number of carbonyl (C=O) groups excluding carboxylic acids is 1. The van der Waals surface area contributed by atoms with E-state index in [0.29, 0.717) is 36.3 Å². The second-order valence-electron chi connectivity index (χ2n) is 3.73. The summed E-state index contributed by atoms with van der Waals surface area (Å²) in [4.78, 5) is 11.6. The minimum atomic E-state index is -0.472. The van der Waals surface area contributed by atoms with Crippen molar-refractivity contribution in [2.45, 2.75) is 12.8 Å². The lowest BCUT2D eigenvalue weighted by atomic mass is 10.0. The van der Waals surface area contributed by atoms with Gasteiger partial charge in [0, 0.05) is 19.3 Å². The number of rotatable bonds is 6. The normalized spacial score (nSPS) is 10.2. The largest absolute Gasteiger partial charge is 0.504 e. The molecule has 0 saturated heterocycles. The van der Waals surface area contributed by atoms with Gasteiger partial charge in [-0.15, -0.1) is 0 Å². The van der Waals surface area contributed by atoms with Crippen LogP contribution in [0.5, 0.6) is 11.5 Å². The summed E-state index contributed by atoms with van der Waals surface area (Å²) in [6, 6.07) is 3.13. The number of benzene rings is 1. The predicted molar refractivity (Wildman–Crippen MR) is 66.2 cm³/mol. The van der Waals surface area contributed by atoms with Crippen LogP contribution in [-0.4, -0.2) is 39.0 Å². The van der Waals surface area contributed by atoms with Gasteiger partial charge in [0.1, 0.15) is 0 Å². The van der Waals surface area contributed by atoms with Crippen LogP contribution in [-0.2, 0) is 15.9 Å². The molecule has 100 valence electrons. The molecule has 0 atom stereocenters. The second kappa shape index (κ2) is 6.86. The number of hydrogen-bond acceptors (Lipinski definition) is 5. The van der Waals surface area contributed by atoms with Crippen LogP contribution in [0, 0.1) is 0 Å². The fraction of sp³-hybridized carbons (Fsp3) is 0.462. The molecule has 1 aromatic carbocycles. The van der Waals surface area contributed by atoms with Crippen molar-refractivity contribution in [3.8, 4) is 11.5 Å². The van der Waals surface area contributed by atoms with E-state index in [1.165, 1.54) is 14.2 Å². The minimum Gasteiger partial charge on any atom is -0.504 e. The van der Waals surface area contributed by atoms with Crippen LogP contribution in [0.15, 0.2) is 12.1 Å². The second-order valence-corrected chi connectivity index (χ2v) is 3.73. The highest BCUT2D eigenvalue weighted by atomic mass is 16.5. The van der Waals surface area contributed by atoms with E-state index in [2.05, 4.69) is 4.74 Å². The van der Waals surface area contributed by atoms with Crippen molar-refractivity contribution >= 4 is 5.97 Å². The average Bonchev–Trinajstić information content (AvgIpc) is 2.39. The molecule has 0 aromatic heterocycles. The Morgan fingerprint density at radius 1 is 1.28 bits per heavy atom. The summed E-state index contributed by atoms with van der Waals surface area (Å²) in [5.74, 6) is -0.146. The molecule has 5 heteroatoms. The van der Waals surface area contributed by atoms with Crippen molar-refractivity contribution in [1.82, 2.24) is 0 Å². The Kier molecular flexibility index (Phi) is 5.45. The quantitative estimate of drug-likeness (QED) is 0.619. The predicted octanol–water partition coefficient (Wildman–Crippen LogP) is 1.77. The standard InChI is InChI=1S/C13H18O5/c1-16-8-4-5-9-10(13(15)18-3)6-7-11(17-2)12(9)14/h6-7,14H,4-5,8H2,1-3H3. The van der Waals surface area contributed by atoms with Crippen molar-refractivity contribution in [2.24, 2.45) is 0 Å². The molecule has 5 nitrogen and oxygen atoms in total. The molecule has 1 aromatic rings. The summed E-state index contributed by atoms with van der Waals surface area (Å²) in [5, 5.41) is 10.0.